The molecule has 1 aromatic heterocycles. The second-order valence-corrected chi connectivity index (χ2v) is 5.08. The first-order valence-corrected chi connectivity index (χ1v) is 7.26. The topological polar surface area (TPSA) is 34.1 Å². The standard InChI is InChI=1S/C17H20N2O/c1-2-18-16-10-9-15-14(16)7-5-8-17(15)20-12-13-6-3-4-11-19-13/h3-8,11,16,18H,2,9-10,12H2,1H3. The van der Waals surface area contributed by atoms with Gasteiger partial charge in [-0.15, -0.1) is 0 Å². The van der Waals surface area contributed by atoms with E-state index in [9.17, 15) is 0 Å². The van der Waals surface area contributed by atoms with Crippen LogP contribution in [-0.4, -0.2) is 11.5 Å². The highest BCUT2D eigenvalue weighted by Crippen LogP contribution is 2.37. The lowest BCUT2D eigenvalue weighted by Crippen LogP contribution is -2.18. The van der Waals surface area contributed by atoms with Gasteiger partial charge in [0, 0.05) is 12.2 Å². The fourth-order valence-corrected chi connectivity index (χ4v) is 2.85. The zero-order chi connectivity index (χ0) is 13.8. The predicted molar refractivity (Wildman–Crippen MR) is 79.7 cm³/mol. The number of pyridine rings is 1. The van der Waals surface area contributed by atoms with Crippen molar-refractivity contribution in [3.63, 3.8) is 0 Å². The monoisotopic (exact) mass is 268 g/mol. The van der Waals surface area contributed by atoms with E-state index in [0.29, 0.717) is 12.6 Å². The maximum atomic E-state index is 5.97. The molecular weight excluding hydrogens is 248 g/mol. The van der Waals surface area contributed by atoms with Crippen LogP contribution in [0.2, 0.25) is 0 Å². The lowest BCUT2D eigenvalue weighted by atomic mass is 10.1. The number of nitrogens with one attached hydrogen (secondary N) is 1. The Kier molecular flexibility index (Phi) is 3.97. The van der Waals surface area contributed by atoms with E-state index in [0.717, 1.165) is 30.8 Å². The molecule has 1 atom stereocenters. The molecule has 0 amide bonds. The van der Waals surface area contributed by atoms with Crippen LogP contribution in [0.4, 0.5) is 0 Å². The van der Waals surface area contributed by atoms with Gasteiger partial charge in [0.1, 0.15) is 12.4 Å². The second-order valence-electron chi connectivity index (χ2n) is 5.08. The number of benzene rings is 1. The summed E-state index contributed by atoms with van der Waals surface area (Å²) in [7, 11) is 0. The Morgan fingerprint density at radius 3 is 3.00 bits per heavy atom. The van der Waals surface area contributed by atoms with Gasteiger partial charge in [-0.25, -0.2) is 0 Å². The number of rotatable bonds is 5. The first kappa shape index (κ1) is 13.1. The van der Waals surface area contributed by atoms with E-state index in [1.165, 1.54) is 11.1 Å². The molecule has 1 N–H and O–H groups in total. The molecule has 0 spiro atoms. The van der Waals surface area contributed by atoms with Crippen molar-refractivity contribution >= 4 is 0 Å². The van der Waals surface area contributed by atoms with Crippen molar-refractivity contribution in [3.8, 4) is 5.75 Å². The van der Waals surface area contributed by atoms with Crippen LogP contribution in [0.5, 0.6) is 5.75 Å². The third-order valence-electron chi connectivity index (χ3n) is 3.78. The molecule has 0 fully saturated rings. The number of nitrogens with zero attached hydrogens (tertiary/aromatic N) is 1. The fourth-order valence-electron chi connectivity index (χ4n) is 2.85. The molecule has 1 aliphatic carbocycles. The van der Waals surface area contributed by atoms with E-state index in [-0.39, 0.29) is 0 Å². The summed E-state index contributed by atoms with van der Waals surface area (Å²) in [6.45, 7) is 3.69. The van der Waals surface area contributed by atoms with Crippen LogP contribution >= 0.6 is 0 Å². The number of hydrogen-bond donors (Lipinski definition) is 1. The average Bonchev–Trinajstić information content (AvgIpc) is 2.91. The predicted octanol–water partition coefficient (Wildman–Crippen LogP) is 3.26. The molecule has 1 aliphatic rings. The molecule has 0 saturated carbocycles. The molecular formula is C17H20N2O. The van der Waals surface area contributed by atoms with Gasteiger partial charge in [0.2, 0.25) is 0 Å². The van der Waals surface area contributed by atoms with Gasteiger partial charge in [-0.05, 0) is 48.7 Å². The minimum absolute atomic E-state index is 0.480. The molecule has 2 aromatic rings. The average molecular weight is 268 g/mol. The SMILES string of the molecule is CCNC1CCc2c(OCc3ccccn3)cccc21. The molecule has 1 heterocycles. The highest BCUT2D eigenvalue weighted by atomic mass is 16.5. The van der Waals surface area contributed by atoms with Gasteiger partial charge in [0.15, 0.2) is 0 Å². The first-order chi connectivity index (χ1) is 9.88. The third kappa shape index (κ3) is 2.68. The van der Waals surface area contributed by atoms with Crippen LogP contribution in [0, 0.1) is 0 Å². The number of aromatic nitrogens is 1. The Balaban J connectivity index is 1.75. The van der Waals surface area contributed by atoms with Gasteiger partial charge >= 0.3 is 0 Å². The quantitative estimate of drug-likeness (QED) is 0.903. The Morgan fingerprint density at radius 2 is 2.20 bits per heavy atom. The third-order valence-corrected chi connectivity index (χ3v) is 3.78. The Labute approximate surface area is 120 Å². The van der Waals surface area contributed by atoms with E-state index in [4.69, 9.17) is 4.74 Å². The lowest BCUT2D eigenvalue weighted by Gasteiger charge is -2.14. The molecule has 0 saturated heterocycles. The molecule has 1 unspecified atom stereocenters. The van der Waals surface area contributed by atoms with Crippen molar-refractivity contribution < 1.29 is 4.74 Å². The smallest absolute Gasteiger partial charge is 0.130 e. The van der Waals surface area contributed by atoms with Crippen LogP contribution in [0.1, 0.15) is 36.2 Å². The summed E-state index contributed by atoms with van der Waals surface area (Å²) >= 11 is 0. The summed E-state index contributed by atoms with van der Waals surface area (Å²) < 4.78 is 5.97. The molecule has 20 heavy (non-hydrogen) atoms. The van der Waals surface area contributed by atoms with E-state index in [1.807, 2.05) is 18.2 Å². The number of hydrogen-bond acceptors (Lipinski definition) is 3. The van der Waals surface area contributed by atoms with Crippen LogP contribution < -0.4 is 10.1 Å². The maximum Gasteiger partial charge on any atom is 0.130 e. The van der Waals surface area contributed by atoms with E-state index in [2.05, 4.69) is 35.4 Å². The van der Waals surface area contributed by atoms with Crippen LogP contribution in [0.15, 0.2) is 42.6 Å². The summed E-state index contributed by atoms with van der Waals surface area (Å²) in [6.07, 6.45) is 4.05. The van der Waals surface area contributed by atoms with Crippen LogP contribution in [0.3, 0.4) is 0 Å². The molecule has 0 aliphatic heterocycles. The van der Waals surface area contributed by atoms with E-state index >= 15 is 0 Å². The summed E-state index contributed by atoms with van der Waals surface area (Å²) in [5.74, 6) is 1.01. The van der Waals surface area contributed by atoms with Gasteiger partial charge in [-0.1, -0.05) is 25.1 Å². The zero-order valence-corrected chi connectivity index (χ0v) is 11.8. The first-order valence-electron chi connectivity index (χ1n) is 7.26. The Bertz CT molecular complexity index is 568. The van der Waals surface area contributed by atoms with E-state index < -0.39 is 0 Å². The minimum Gasteiger partial charge on any atom is -0.487 e. The van der Waals surface area contributed by atoms with Crippen molar-refractivity contribution in [2.75, 3.05) is 6.54 Å². The van der Waals surface area contributed by atoms with Crippen LogP contribution in [0.25, 0.3) is 0 Å². The largest absolute Gasteiger partial charge is 0.487 e. The molecule has 0 bridgehead atoms. The molecule has 3 nitrogen and oxygen atoms in total. The molecule has 3 heteroatoms. The molecule has 3 rings (SSSR count). The number of ether oxygens (including phenoxy) is 1. The van der Waals surface area contributed by atoms with Crippen molar-refractivity contribution in [2.45, 2.75) is 32.4 Å². The van der Waals surface area contributed by atoms with Gasteiger partial charge in [-0.2, -0.15) is 0 Å². The molecule has 104 valence electrons. The minimum atomic E-state index is 0.480. The van der Waals surface area contributed by atoms with Crippen molar-refractivity contribution in [1.82, 2.24) is 10.3 Å². The fraction of sp³-hybridized carbons (Fsp3) is 0.353. The van der Waals surface area contributed by atoms with Gasteiger partial charge in [0.05, 0.1) is 5.69 Å². The van der Waals surface area contributed by atoms with Gasteiger partial charge in [-0.3, -0.25) is 4.98 Å². The van der Waals surface area contributed by atoms with Gasteiger partial charge in [0.25, 0.3) is 0 Å². The maximum absolute atomic E-state index is 5.97. The Morgan fingerprint density at radius 1 is 1.25 bits per heavy atom. The molecule has 0 radical (unpaired) electrons. The normalized spacial score (nSPS) is 16.9. The Hall–Kier alpha value is -1.87. The summed E-state index contributed by atoms with van der Waals surface area (Å²) in [5, 5.41) is 3.53. The number of fused-ring (bicyclic) bond motifs is 1. The zero-order valence-electron chi connectivity index (χ0n) is 11.8. The summed E-state index contributed by atoms with van der Waals surface area (Å²) in [5.41, 5.74) is 3.71. The van der Waals surface area contributed by atoms with Gasteiger partial charge < -0.3 is 10.1 Å². The highest BCUT2D eigenvalue weighted by Gasteiger charge is 2.24. The second kappa shape index (κ2) is 6.06. The van der Waals surface area contributed by atoms with Crippen LogP contribution in [-0.2, 0) is 13.0 Å². The van der Waals surface area contributed by atoms with E-state index in [1.54, 1.807) is 6.20 Å². The molecule has 1 aromatic carbocycles. The van der Waals surface area contributed by atoms with Crippen molar-refractivity contribution in [2.24, 2.45) is 0 Å². The summed E-state index contributed by atoms with van der Waals surface area (Å²) in [6, 6.07) is 12.7. The lowest BCUT2D eigenvalue weighted by molar-refractivity contribution is 0.298. The van der Waals surface area contributed by atoms with Crippen molar-refractivity contribution in [3.05, 3.63) is 59.4 Å². The summed E-state index contributed by atoms with van der Waals surface area (Å²) in [4.78, 5) is 4.29. The van der Waals surface area contributed by atoms with Crippen molar-refractivity contribution in [1.29, 1.82) is 0 Å². The highest BCUT2D eigenvalue weighted by molar-refractivity contribution is 5.45.